The fourth-order valence-electron chi connectivity index (χ4n) is 3.68. The fraction of sp³-hybridized carbons (Fsp3) is 0.409. The van der Waals surface area contributed by atoms with Crippen LogP contribution in [0.15, 0.2) is 23.1 Å². The SMILES string of the molecule is CCCn1c(COC(=O)c2[nH]c(C)c(C(=O)OC)c2C)nc2cc(S(=O)(=O)N(C)C)ccc21. The Kier molecular flexibility index (Phi) is 6.94. The molecule has 33 heavy (non-hydrogen) atoms. The van der Waals surface area contributed by atoms with Gasteiger partial charge in [0.25, 0.3) is 0 Å². The van der Waals surface area contributed by atoms with E-state index in [1.165, 1.54) is 27.3 Å². The molecule has 0 fully saturated rings. The van der Waals surface area contributed by atoms with E-state index in [4.69, 9.17) is 9.47 Å². The quantitative estimate of drug-likeness (QED) is 0.496. The monoisotopic (exact) mass is 476 g/mol. The first-order valence-corrected chi connectivity index (χ1v) is 11.8. The number of aromatic amines is 1. The van der Waals surface area contributed by atoms with Gasteiger partial charge < -0.3 is 19.0 Å². The molecule has 11 heteroatoms. The molecule has 2 heterocycles. The van der Waals surface area contributed by atoms with E-state index in [0.717, 1.165) is 16.2 Å². The van der Waals surface area contributed by atoms with Gasteiger partial charge in [-0.15, -0.1) is 0 Å². The van der Waals surface area contributed by atoms with Crippen molar-refractivity contribution in [3.63, 3.8) is 0 Å². The van der Waals surface area contributed by atoms with E-state index in [2.05, 4.69) is 9.97 Å². The molecule has 0 amide bonds. The lowest BCUT2D eigenvalue weighted by atomic mass is 10.1. The number of imidazole rings is 1. The number of carbonyl (C=O) groups excluding carboxylic acids is 2. The molecule has 0 atom stereocenters. The van der Waals surface area contributed by atoms with Gasteiger partial charge in [0.1, 0.15) is 18.1 Å². The Morgan fingerprint density at radius 3 is 2.48 bits per heavy atom. The van der Waals surface area contributed by atoms with Crippen LogP contribution >= 0.6 is 0 Å². The molecule has 0 saturated carbocycles. The van der Waals surface area contributed by atoms with Crippen LogP contribution in [0.4, 0.5) is 0 Å². The summed E-state index contributed by atoms with van der Waals surface area (Å²) in [4.78, 5) is 32.3. The smallest absolute Gasteiger partial charge is 0.355 e. The van der Waals surface area contributed by atoms with Crippen molar-refractivity contribution >= 4 is 33.0 Å². The largest absolute Gasteiger partial charge is 0.465 e. The molecule has 0 radical (unpaired) electrons. The minimum Gasteiger partial charge on any atom is -0.465 e. The maximum atomic E-state index is 12.7. The summed E-state index contributed by atoms with van der Waals surface area (Å²) in [5, 5.41) is 0. The lowest BCUT2D eigenvalue weighted by Gasteiger charge is -2.11. The molecule has 3 rings (SSSR count). The number of rotatable bonds is 8. The van der Waals surface area contributed by atoms with Gasteiger partial charge in [0.15, 0.2) is 0 Å². The third-order valence-corrected chi connectivity index (χ3v) is 7.20. The first-order valence-electron chi connectivity index (χ1n) is 10.4. The van der Waals surface area contributed by atoms with E-state index in [1.54, 1.807) is 26.0 Å². The van der Waals surface area contributed by atoms with Crippen LogP contribution in [0.2, 0.25) is 0 Å². The number of hydrogen-bond acceptors (Lipinski definition) is 7. The molecular weight excluding hydrogens is 448 g/mol. The van der Waals surface area contributed by atoms with Crippen molar-refractivity contribution in [2.75, 3.05) is 21.2 Å². The van der Waals surface area contributed by atoms with Crippen LogP contribution in [0.1, 0.15) is 51.3 Å². The van der Waals surface area contributed by atoms with Crippen LogP contribution < -0.4 is 0 Å². The number of ether oxygens (including phenoxy) is 2. The van der Waals surface area contributed by atoms with Crippen LogP contribution in [0.25, 0.3) is 11.0 Å². The lowest BCUT2D eigenvalue weighted by molar-refractivity contribution is 0.0451. The van der Waals surface area contributed by atoms with Crippen LogP contribution in [-0.4, -0.2) is 60.4 Å². The van der Waals surface area contributed by atoms with Crippen molar-refractivity contribution in [2.45, 2.75) is 45.2 Å². The second-order valence-corrected chi connectivity index (χ2v) is 9.96. The lowest BCUT2D eigenvalue weighted by Crippen LogP contribution is -2.22. The van der Waals surface area contributed by atoms with E-state index in [-0.39, 0.29) is 17.2 Å². The van der Waals surface area contributed by atoms with Crippen LogP contribution in [0.5, 0.6) is 0 Å². The number of hydrogen-bond donors (Lipinski definition) is 1. The Bertz CT molecular complexity index is 1320. The maximum Gasteiger partial charge on any atom is 0.355 e. The van der Waals surface area contributed by atoms with Gasteiger partial charge >= 0.3 is 11.9 Å². The molecule has 10 nitrogen and oxygen atoms in total. The molecular formula is C22H28N4O6S. The topological polar surface area (TPSA) is 124 Å². The van der Waals surface area contributed by atoms with E-state index in [9.17, 15) is 18.0 Å². The minimum atomic E-state index is -3.61. The third-order valence-electron chi connectivity index (χ3n) is 5.39. The number of H-pyrrole nitrogens is 1. The average molecular weight is 477 g/mol. The highest BCUT2D eigenvalue weighted by atomic mass is 32.2. The van der Waals surface area contributed by atoms with Gasteiger partial charge in [0.2, 0.25) is 10.0 Å². The Labute approximate surface area is 192 Å². The number of nitrogens with zero attached hydrogens (tertiary/aromatic N) is 3. The number of carbonyl (C=O) groups is 2. The minimum absolute atomic E-state index is 0.117. The van der Waals surface area contributed by atoms with Crippen molar-refractivity contribution in [2.24, 2.45) is 0 Å². The van der Waals surface area contributed by atoms with Crippen molar-refractivity contribution < 1.29 is 27.5 Å². The van der Waals surface area contributed by atoms with E-state index < -0.39 is 22.0 Å². The zero-order chi connectivity index (χ0) is 24.5. The highest BCUT2D eigenvalue weighted by molar-refractivity contribution is 7.89. The normalized spacial score (nSPS) is 11.8. The Morgan fingerprint density at radius 2 is 1.88 bits per heavy atom. The van der Waals surface area contributed by atoms with E-state index >= 15 is 0 Å². The second kappa shape index (κ2) is 9.36. The van der Waals surface area contributed by atoms with Crippen LogP contribution in [-0.2, 0) is 32.6 Å². The number of fused-ring (bicyclic) bond motifs is 1. The summed E-state index contributed by atoms with van der Waals surface area (Å²) in [5.74, 6) is -0.668. The third kappa shape index (κ3) is 4.51. The van der Waals surface area contributed by atoms with Gasteiger partial charge in [-0.2, -0.15) is 0 Å². The van der Waals surface area contributed by atoms with Crippen LogP contribution in [0, 0.1) is 13.8 Å². The summed E-state index contributed by atoms with van der Waals surface area (Å²) in [6, 6.07) is 4.77. The standard InChI is InChI=1S/C22H28N4O6S/c1-7-10-26-17-9-8-15(33(29,30)25(4)5)11-16(17)24-18(26)12-32-22(28)20-13(2)19(14(3)23-20)21(27)31-6/h8-9,11,23H,7,10,12H2,1-6H3. The van der Waals surface area contributed by atoms with Gasteiger partial charge in [-0.1, -0.05) is 6.92 Å². The van der Waals surface area contributed by atoms with Crippen LogP contribution in [0.3, 0.4) is 0 Å². The van der Waals surface area contributed by atoms with Gasteiger partial charge in [-0.05, 0) is 44.0 Å². The number of aryl methyl sites for hydroxylation is 2. The van der Waals surface area contributed by atoms with Gasteiger partial charge in [0, 0.05) is 26.3 Å². The number of sulfonamides is 1. The van der Waals surface area contributed by atoms with Gasteiger partial charge in [0.05, 0.1) is 28.6 Å². The van der Waals surface area contributed by atoms with Crippen molar-refractivity contribution in [3.8, 4) is 0 Å². The molecule has 0 aliphatic heterocycles. The molecule has 3 aromatic rings. The molecule has 0 bridgehead atoms. The maximum absolute atomic E-state index is 12.7. The predicted octanol–water partition coefficient (Wildman–Crippen LogP) is 2.79. The zero-order valence-electron chi connectivity index (χ0n) is 19.6. The molecule has 0 saturated heterocycles. The summed E-state index contributed by atoms with van der Waals surface area (Å²) < 4.78 is 38.3. The molecule has 0 spiro atoms. The number of esters is 2. The molecule has 0 unspecified atom stereocenters. The first kappa shape index (κ1) is 24.5. The first-order chi connectivity index (χ1) is 15.5. The molecule has 1 aromatic carbocycles. The highest BCUT2D eigenvalue weighted by Crippen LogP contribution is 2.24. The summed E-state index contributed by atoms with van der Waals surface area (Å²) in [6.07, 6.45) is 0.807. The molecule has 1 N–H and O–H groups in total. The molecule has 0 aliphatic carbocycles. The average Bonchev–Trinajstić information content (AvgIpc) is 3.27. The number of methoxy groups -OCH3 is 1. The number of aromatic nitrogens is 3. The Balaban J connectivity index is 1.92. The van der Waals surface area contributed by atoms with Crippen molar-refractivity contribution in [3.05, 3.63) is 46.5 Å². The molecule has 2 aromatic heterocycles. The fourth-order valence-corrected chi connectivity index (χ4v) is 4.60. The molecule has 0 aliphatic rings. The van der Waals surface area contributed by atoms with Gasteiger partial charge in [-0.3, -0.25) is 0 Å². The van der Waals surface area contributed by atoms with Crippen molar-refractivity contribution in [1.29, 1.82) is 0 Å². The van der Waals surface area contributed by atoms with E-state index in [0.29, 0.717) is 34.7 Å². The van der Waals surface area contributed by atoms with Gasteiger partial charge in [-0.25, -0.2) is 27.3 Å². The Hall–Kier alpha value is -3.18. The summed E-state index contributed by atoms with van der Waals surface area (Å²) in [5.41, 5.74) is 2.68. The number of nitrogens with one attached hydrogen (secondary N) is 1. The number of benzene rings is 1. The van der Waals surface area contributed by atoms with Crippen molar-refractivity contribution in [1.82, 2.24) is 18.8 Å². The zero-order valence-corrected chi connectivity index (χ0v) is 20.4. The summed E-state index contributed by atoms with van der Waals surface area (Å²) in [7, 11) is 0.609. The Morgan fingerprint density at radius 1 is 1.18 bits per heavy atom. The summed E-state index contributed by atoms with van der Waals surface area (Å²) >= 11 is 0. The predicted molar refractivity (Wildman–Crippen MR) is 122 cm³/mol. The van der Waals surface area contributed by atoms with E-state index in [1.807, 2.05) is 11.5 Å². The molecule has 178 valence electrons. The second-order valence-electron chi connectivity index (χ2n) is 7.81. The highest BCUT2D eigenvalue weighted by Gasteiger charge is 2.24. The summed E-state index contributed by atoms with van der Waals surface area (Å²) in [6.45, 7) is 5.83.